The third-order valence-corrected chi connectivity index (χ3v) is 6.03. The molecular weight excluding hydrogens is 332 g/mol. The predicted octanol–water partition coefficient (Wildman–Crippen LogP) is 3.94. The van der Waals surface area contributed by atoms with E-state index in [4.69, 9.17) is 0 Å². The van der Waals surface area contributed by atoms with Gasteiger partial charge < -0.3 is 5.32 Å². The molecule has 4 rings (SSSR count). The third-order valence-electron chi connectivity index (χ3n) is 4.80. The highest BCUT2D eigenvalue weighted by atomic mass is 32.1. The zero-order valence-electron chi connectivity index (χ0n) is 14.4. The van der Waals surface area contributed by atoms with Gasteiger partial charge >= 0.3 is 0 Å². The summed E-state index contributed by atoms with van der Waals surface area (Å²) in [7, 11) is 0. The fraction of sp³-hybridized carbons (Fsp3) is 0.421. The van der Waals surface area contributed by atoms with Crippen LogP contribution in [-0.2, 0) is 12.8 Å². The average Bonchev–Trinajstić information content (AvgIpc) is 3.19. The molecule has 5 nitrogen and oxygen atoms in total. The molecule has 1 atom stereocenters. The van der Waals surface area contributed by atoms with E-state index in [1.807, 2.05) is 35.7 Å². The summed E-state index contributed by atoms with van der Waals surface area (Å²) in [5.41, 5.74) is 2.16. The maximum atomic E-state index is 12.7. The van der Waals surface area contributed by atoms with Crippen LogP contribution >= 0.6 is 11.3 Å². The summed E-state index contributed by atoms with van der Waals surface area (Å²) in [6.45, 7) is 1.95. The van der Waals surface area contributed by atoms with Crippen molar-refractivity contribution in [2.24, 2.45) is 0 Å². The summed E-state index contributed by atoms with van der Waals surface area (Å²) in [4.78, 5) is 14.9. The Balaban J connectivity index is 1.52. The van der Waals surface area contributed by atoms with Crippen molar-refractivity contribution in [2.45, 2.75) is 51.5 Å². The Bertz CT molecular complexity index is 872. The summed E-state index contributed by atoms with van der Waals surface area (Å²) in [5.74, 6) is 0.732. The first-order valence-electron chi connectivity index (χ1n) is 8.94. The number of nitrogens with zero attached hydrogens (tertiary/aromatic N) is 3. The number of pyridine rings is 1. The minimum atomic E-state index is -0.199. The van der Waals surface area contributed by atoms with Crippen LogP contribution < -0.4 is 5.32 Å². The molecule has 1 aliphatic rings. The van der Waals surface area contributed by atoms with Gasteiger partial charge in [0.15, 0.2) is 11.5 Å². The molecule has 1 aliphatic carbocycles. The van der Waals surface area contributed by atoms with Gasteiger partial charge in [0.05, 0.1) is 10.9 Å². The highest BCUT2D eigenvalue weighted by Crippen LogP contribution is 2.28. The Morgan fingerprint density at radius 1 is 1.20 bits per heavy atom. The molecule has 1 amide bonds. The van der Waals surface area contributed by atoms with Crippen LogP contribution in [0.25, 0.3) is 5.65 Å². The second kappa shape index (κ2) is 6.96. The van der Waals surface area contributed by atoms with Gasteiger partial charge in [0.2, 0.25) is 0 Å². The number of carbonyl (C=O) groups excluding carboxylic acids is 1. The van der Waals surface area contributed by atoms with Gasteiger partial charge in [-0.1, -0.05) is 18.9 Å². The zero-order chi connectivity index (χ0) is 17.2. The van der Waals surface area contributed by atoms with Gasteiger partial charge in [0, 0.05) is 11.1 Å². The molecule has 1 unspecified atom stereocenters. The number of hydrogen-bond donors (Lipinski definition) is 1. The van der Waals surface area contributed by atoms with Crippen molar-refractivity contribution in [3.63, 3.8) is 0 Å². The molecule has 0 fully saturated rings. The minimum Gasteiger partial charge on any atom is -0.342 e. The molecule has 0 aromatic carbocycles. The van der Waals surface area contributed by atoms with Crippen molar-refractivity contribution >= 4 is 22.9 Å². The second-order valence-electron chi connectivity index (χ2n) is 6.66. The highest BCUT2D eigenvalue weighted by molar-refractivity contribution is 7.14. The van der Waals surface area contributed by atoms with Crippen molar-refractivity contribution in [3.05, 3.63) is 51.6 Å². The number of fused-ring (bicyclic) bond motifs is 2. The molecule has 3 heterocycles. The van der Waals surface area contributed by atoms with Crippen LogP contribution in [0.4, 0.5) is 0 Å². The predicted molar refractivity (Wildman–Crippen MR) is 99.1 cm³/mol. The molecule has 6 heteroatoms. The number of nitrogens with one attached hydrogen (secondary N) is 1. The Hall–Kier alpha value is -2.21. The number of rotatable bonds is 3. The average molecular weight is 354 g/mol. The summed E-state index contributed by atoms with van der Waals surface area (Å²) in [5, 5.41) is 11.5. The van der Waals surface area contributed by atoms with E-state index in [0.717, 1.165) is 29.2 Å². The normalized spacial score (nSPS) is 16.0. The van der Waals surface area contributed by atoms with E-state index in [-0.39, 0.29) is 11.9 Å². The number of thiophene rings is 1. The van der Waals surface area contributed by atoms with Crippen LogP contribution in [0.5, 0.6) is 0 Å². The Labute approximate surface area is 151 Å². The van der Waals surface area contributed by atoms with Crippen LogP contribution in [0.15, 0.2) is 30.5 Å². The highest BCUT2D eigenvalue weighted by Gasteiger charge is 2.20. The van der Waals surface area contributed by atoms with Crippen molar-refractivity contribution in [2.75, 3.05) is 0 Å². The molecule has 0 aliphatic heterocycles. The van der Waals surface area contributed by atoms with Gasteiger partial charge in [0.1, 0.15) is 0 Å². The third kappa shape index (κ3) is 3.31. The summed E-state index contributed by atoms with van der Waals surface area (Å²) >= 11 is 1.65. The van der Waals surface area contributed by atoms with Gasteiger partial charge in [-0.05, 0) is 56.4 Å². The molecular formula is C19H22N4OS. The van der Waals surface area contributed by atoms with Crippen molar-refractivity contribution in [1.82, 2.24) is 19.9 Å². The molecule has 3 aromatic rings. The first-order valence-corrected chi connectivity index (χ1v) is 9.76. The molecule has 25 heavy (non-hydrogen) atoms. The standard InChI is InChI=1S/C19H22N4OS/c1-13(18-22-21-17-10-6-7-11-23(17)18)20-19(24)16-12-14-8-4-2-3-5-9-15(14)25-16/h6-7,10-13H,2-5,8-9H2,1H3,(H,20,24). The number of aryl methyl sites for hydroxylation is 2. The topological polar surface area (TPSA) is 59.3 Å². The summed E-state index contributed by atoms with van der Waals surface area (Å²) < 4.78 is 1.92. The lowest BCUT2D eigenvalue weighted by Gasteiger charge is -2.11. The van der Waals surface area contributed by atoms with Crippen molar-refractivity contribution < 1.29 is 4.79 Å². The maximum absolute atomic E-state index is 12.7. The Morgan fingerprint density at radius 2 is 2.04 bits per heavy atom. The van der Waals surface area contributed by atoms with Crippen LogP contribution in [0.1, 0.15) is 64.6 Å². The van der Waals surface area contributed by atoms with Gasteiger partial charge in [-0.2, -0.15) is 0 Å². The monoisotopic (exact) mass is 354 g/mol. The van der Waals surface area contributed by atoms with Crippen molar-refractivity contribution in [1.29, 1.82) is 0 Å². The smallest absolute Gasteiger partial charge is 0.261 e. The molecule has 0 bridgehead atoms. The zero-order valence-corrected chi connectivity index (χ0v) is 15.2. The first-order chi connectivity index (χ1) is 12.2. The minimum absolute atomic E-state index is 0.0167. The van der Waals surface area contributed by atoms with E-state index in [1.165, 1.54) is 36.1 Å². The summed E-state index contributed by atoms with van der Waals surface area (Å²) in [6.07, 6.45) is 9.19. The van der Waals surface area contributed by atoms with Crippen molar-refractivity contribution in [3.8, 4) is 0 Å². The number of carbonyl (C=O) groups is 1. The lowest BCUT2D eigenvalue weighted by atomic mass is 10.00. The summed E-state index contributed by atoms with van der Waals surface area (Å²) in [6, 6.07) is 7.67. The lowest BCUT2D eigenvalue weighted by Crippen LogP contribution is -2.27. The van der Waals surface area contributed by atoms with Gasteiger partial charge in [-0.15, -0.1) is 21.5 Å². The van der Waals surface area contributed by atoms with E-state index in [1.54, 1.807) is 11.3 Å². The number of amides is 1. The molecule has 1 N–H and O–H groups in total. The van der Waals surface area contributed by atoms with Gasteiger partial charge in [-0.25, -0.2) is 0 Å². The van der Waals surface area contributed by atoms with E-state index < -0.39 is 0 Å². The molecule has 0 saturated heterocycles. The maximum Gasteiger partial charge on any atom is 0.261 e. The van der Waals surface area contributed by atoms with Crippen LogP contribution in [-0.4, -0.2) is 20.5 Å². The Morgan fingerprint density at radius 3 is 2.92 bits per heavy atom. The Kier molecular flexibility index (Phi) is 4.53. The van der Waals surface area contributed by atoms with Crippen LogP contribution in [0.2, 0.25) is 0 Å². The van der Waals surface area contributed by atoms with Crippen LogP contribution in [0, 0.1) is 0 Å². The van der Waals surface area contributed by atoms with Gasteiger partial charge in [0.25, 0.3) is 5.91 Å². The van der Waals surface area contributed by atoms with E-state index >= 15 is 0 Å². The second-order valence-corrected chi connectivity index (χ2v) is 7.79. The number of aromatic nitrogens is 3. The van der Waals surface area contributed by atoms with E-state index in [9.17, 15) is 4.79 Å². The SMILES string of the molecule is CC(NC(=O)c1cc2c(s1)CCCCCC2)c1nnc2ccccn12. The van der Waals surface area contributed by atoms with E-state index in [0.29, 0.717) is 0 Å². The molecule has 0 spiro atoms. The fourth-order valence-electron chi connectivity index (χ4n) is 3.44. The molecule has 0 saturated carbocycles. The number of hydrogen-bond acceptors (Lipinski definition) is 4. The largest absolute Gasteiger partial charge is 0.342 e. The quantitative estimate of drug-likeness (QED) is 0.775. The molecule has 3 aromatic heterocycles. The van der Waals surface area contributed by atoms with Gasteiger partial charge in [-0.3, -0.25) is 9.20 Å². The molecule has 0 radical (unpaired) electrons. The first kappa shape index (κ1) is 16.3. The fourth-order valence-corrected chi connectivity index (χ4v) is 4.60. The van der Waals surface area contributed by atoms with Crippen LogP contribution in [0.3, 0.4) is 0 Å². The molecule has 130 valence electrons. The van der Waals surface area contributed by atoms with E-state index in [2.05, 4.69) is 21.6 Å². The lowest BCUT2D eigenvalue weighted by molar-refractivity contribution is 0.0942.